The van der Waals surface area contributed by atoms with Crippen molar-refractivity contribution >= 4 is 62.4 Å². The van der Waals surface area contributed by atoms with Crippen LogP contribution in [0.15, 0.2) is 45.8 Å². The maximum atomic E-state index is 13.1. The number of thioether (sulfide) groups is 1. The van der Waals surface area contributed by atoms with Gasteiger partial charge in [0.15, 0.2) is 18.1 Å². The van der Waals surface area contributed by atoms with E-state index < -0.39 is 22.9 Å². The van der Waals surface area contributed by atoms with Crippen molar-refractivity contribution in [3.05, 3.63) is 57.2 Å². The highest BCUT2D eigenvalue weighted by atomic mass is 79.9. The van der Waals surface area contributed by atoms with E-state index in [4.69, 9.17) is 9.47 Å². The lowest BCUT2D eigenvalue weighted by Crippen LogP contribution is -2.44. The molecule has 2 aliphatic heterocycles. The van der Waals surface area contributed by atoms with Crippen molar-refractivity contribution in [3.8, 4) is 11.5 Å². The van der Waals surface area contributed by atoms with Crippen molar-refractivity contribution in [1.29, 1.82) is 0 Å². The number of hydrogen-bond acceptors (Lipinski definition) is 7. The molecule has 39 heavy (non-hydrogen) atoms. The summed E-state index contributed by atoms with van der Waals surface area (Å²) in [6, 6.07) is 8.59. The van der Waals surface area contributed by atoms with E-state index in [2.05, 4.69) is 21.2 Å². The molecule has 0 aromatic heterocycles. The van der Waals surface area contributed by atoms with Crippen molar-refractivity contribution < 1.29 is 33.0 Å². The number of benzene rings is 2. The molecule has 2 saturated heterocycles. The monoisotopic (exact) mass is 619 g/mol. The molecule has 0 spiro atoms. The third-order valence-electron chi connectivity index (χ3n) is 6.01. The maximum Gasteiger partial charge on any atom is 0.294 e. The fourth-order valence-electron chi connectivity index (χ4n) is 4.07. The number of hydrogen-bond donors (Lipinski definition) is 1. The molecule has 2 aliphatic rings. The van der Waals surface area contributed by atoms with Crippen LogP contribution in [0.2, 0.25) is 0 Å². The molecule has 0 bridgehead atoms. The van der Waals surface area contributed by atoms with E-state index in [1.54, 1.807) is 30.0 Å². The smallest absolute Gasteiger partial charge is 0.294 e. The molecule has 206 valence electrons. The first-order chi connectivity index (χ1) is 18.7. The number of piperidine rings is 1. The van der Waals surface area contributed by atoms with Crippen LogP contribution in [0.25, 0.3) is 6.08 Å². The number of likely N-dealkylation sites (tertiary alicyclic amines) is 1. The molecule has 0 atom stereocenters. The second-order valence-electron chi connectivity index (χ2n) is 8.81. The second-order valence-corrected chi connectivity index (χ2v) is 10.7. The first-order valence-corrected chi connectivity index (χ1v) is 14.0. The number of amides is 4. The van der Waals surface area contributed by atoms with Crippen LogP contribution in [0.3, 0.4) is 0 Å². The molecule has 4 amide bonds. The standard InChI is InChI=1S/C27H27BrFN3O6S/c1-2-37-21-12-17(20(28)14-22(21)38-16-24(33)30-19-8-6-18(29)7-9-19)13-23-26(35)32(27(36)39-23)15-25(34)31-10-4-3-5-11-31/h6-9,12-14H,2-5,10-11,15-16H2,1H3,(H,30,33)/b23-13-. The Morgan fingerprint density at radius 1 is 1.08 bits per heavy atom. The summed E-state index contributed by atoms with van der Waals surface area (Å²) >= 11 is 4.23. The molecule has 0 unspecified atom stereocenters. The quantitative estimate of drug-likeness (QED) is 0.391. The van der Waals surface area contributed by atoms with Crippen molar-refractivity contribution in [2.45, 2.75) is 26.2 Å². The van der Waals surface area contributed by atoms with Crippen LogP contribution in [0.1, 0.15) is 31.7 Å². The van der Waals surface area contributed by atoms with Gasteiger partial charge in [0.2, 0.25) is 5.91 Å². The molecule has 9 nitrogen and oxygen atoms in total. The molecule has 0 radical (unpaired) electrons. The number of carbonyl (C=O) groups excluding carboxylic acids is 4. The number of nitrogens with zero attached hydrogens (tertiary/aromatic N) is 2. The molecule has 12 heteroatoms. The number of anilines is 1. The van der Waals surface area contributed by atoms with Crippen LogP contribution in [-0.4, -0.2) is 65.6 Å². The van der Waals surface area contributed by atoms with Crippen LogP contribution in [-0.2, 0) is 14.4 Å². The third kappa shape index (κ3) is 7.39. The van der Waals surface area contributed by atoms with Gasteiger partial charge in [-0.2, -0.15) is 0 Å². The van der Waals surface area contributed by atoms with Gasteiger partial charge in [-0.25, -0.2) is 4.39 Å². The van der Waals surface area contributed by atoms with Gasteiger partial charge in [0.05, 0.1) is 11.5 Å². The molecule has 0 saturated carbocycles. The van der Waals surface area contributed by atoms with E-state index in [-0.39, 0.29) is 29.7 Å². The highest BCUT2D eigenvalue weighted by Crippen LogP contribution is 2.38. The minimum Gasteiger partial charge on any atom is -0.490 e. The van der Waals surface area contributed by atoms with Gasteiger partial charge in [0, 0.05) is 23.2 Å². The molecule has 1 N–H and O–H groups in total. The first-order valence-electron chi connectivity index (χ1n) is 12.4. The van der Waals surface area contributed by atoms with Crippen LogP contribution in [0.5, 0.6) is 11.5 Å². The fourth-order valence-corrected chi connectivity index (χ4v) is 5.34. The lowest BCUT2D eigenvalue weighted by atomic mass is 10.1. The molecule has 2 fully saturated rings. The third-order valence-corrected chi connectivity index (χ3v) is 7.61. The topological polar surface area (TPSA) is 105 Å². The number of carbonyl (C=O) groups is 4. The summed E-state index contributed by atoms with van der Waals surface area (Å²) < 4.78 is 25.0. The molecule has 2 aromatic carbocycles. The Balaban J connectivity index is 1.45. The van der Waals surface area contributed by atoms with Gasteiger partial charge in [0.1, 0.15) is 12.4 Å². The molecule has 2 aromatic rings. The zero-order chi connectivity index (χ0) is 27.9. The Kier molecular flexibility index (Phi) is 9.63. The summed E-state index contributed by atoms with van der Waals surface area (Å²) in [5.41, 5.74) is 0.979. The normalized spacial score (nSPS) is 16.5. The van der Waals surface area contributed by atoms with E-state index in [1.807, 2.05) is 0 Å². The number of imide groups is 1. The summed E-state index contributed by atoms with van der Waals surface area (Å²) in [7, 11) is 0. The predicted molar refractivity (Wildman–Crippen MR) is 149 cm³/mol. The number of ether oxygens (including phenoxy) is 2. The summed E-state index contributed by atoms with van der Waals surface area (Å²) in [5.74, 6) is -0.999. The zero-order valence-electron chi connectivity index (χ0n) is 21.2. The molecular weight excluding hydrogens is 593 g/mol. The van der Waals surface area contributed by atoms with Crippen LogP contribution in [0, 0.1) is 5.82 Å². The Morgan fingerprint density at radius 2 is 1.77 bits per heavy atom. The Bertz CT molecular complexity index is 1300. The van der Waals surface area contributed by atoms with Crippen molar-refractivity contribution in [2.24, 2.45) is 0 Å². The summed E-state index contributed by atoms with van der Waals surface area (Å²) in [4.78, 5) is 53.3. The molecule has 4 rings (SSSR count). The minimum atomic E-state index is -0.530. The van der Waals surface area contributed by atoms with Gasteiger partial charge in [-0.15, -0.1) is 0 Å². The Morgan fingerprint density at radius 3 is 2.46 bits per heavy atom. The van der Waals surface area contributed by atoms with Crippen LogP contribution < -0.4 is 14.8 Å². The van der Waals surface area contributed by atoms with Gasteiger partial charge < -0.3 is 19.7 Å². The van der Waals surface area contributed by atoms with Crippen LogP contribution in [0.4, 0.5) is 14.9 Å². The SMILES string of the molecule is CCOc1cc(/C=C2\SC(=O)N(CC(=O)N3CCCCC3)C2=O)c(Br)cc1OCC(=O)Nc1ccc(F)cc1. The van der Waals surface area contributed by atoms with Crippen molar-refractivity contribution in [3.63, 3.8) is 0 Å². The Labute approximate surface area is 237 Å². The summed E-state index contributed by atoms with van der Waals surface area (Å²) in [5, 5.41) is 2.12. The summed E-state index contributed by atoms with van der Waals surface area (Å²) in [6.45, 7) is 2.78. The van der Waals surface area contributed by atoms with Gasteiger partial charge in [-0.3, -0.25) is 24.1 Å². The zero-order valence-corrected chi connectivity index (χ0v) is 23.6. The minimum absolute atomic E-state index is 0.182. The van der Waals surface area contributed by atoms with E-state index in [0.29, 0.717) is 41.2 Å². The predicted octanol–water partition coefficient (Wildman–Crippen LogP) is 5.05. The lowest BCUT2D eigenvalue weighted by Gasteiger charge is -2.27. The molecule has 2 heterocycles. The van der Waals surface area contributed by atoms with Gasteiger partial charge in [-0.05, 0) is 86.0 Å². The van der Waals surface area contributed by atoms with Gasteiger partial charge in [-0.1, -0.05) is 15.9 Å². The van der Waals surface area contributed by atoms with E-state index >= 15 is 0 Å². The van der Waals surface area contributed by atoms with Crippen LogP contribution >= 0.6 is 27.7 Å². The average molecular weight is 620 g/mol. The number of halogens is 2. The van der Waals surface area contributed by atoms with Crippen molar-refractivity contribution in [1.82, 2.24) is 9.80 Å². The fraction of sp³-hybridized carbons (Fsp3) is 0.333. The lowest BCUT2D eigenvalue weighted by molar-refractivity contribution is -0.136. The van der Waals surface area contributed by atoms with Gasteiger partial charge >= 0.3 is 0 Å². The largest absolute Gasteiger partial charge is 0.490 e. The molecular formula is C27H27BrFN3O6S. The van der Waals surface area contributed by atoms with Gasteiger partial charge in [0.25, 0.3) is 17.1 Å². The van der Waals surface area contributed by atoms with E-state index in [1.165, 1.54) is 24.3 Å². The molecule has 0 aliphatic carbocycles. The number of rotatable bonds is 9. The highest BCUT2D eigenvalue weighted by Gasteiger charge is 2.37. The second kappa shape index (κ2) is 13.1. The van der Waals surface area contributed by atoms with E-state index in [9.17, 15) is 23.6 Å². The first kappa shape index (κ1) is 28.6. The maximum absolute atomic E-state index is 13.1. The number of nitrogens with one attached hydrogen (secondary N) is 1. The Hall–Kier alpha value is -3.38. The highest BCUT2D eigenvalue weighted by molar-refractivity contribution is 9.10. The van der Waals surface area contributed by atoms with E-state index in [0.717, 1.165) is 35.9 Å². The van der Waals surface area contributed by atoms with Crippen molar-refractivity contribution in [2.75, 3.05) is 38.2 Å². The summed E-state index contributed by atoms with van der Waals surface area (Å²) in [6.07, 6.45) is 4.46. The average Bonchev–Trinajstić information content (AvgIpc) is 3.18.